The van der Waals surface area contributed by atoms with Crippen LogP contribution in [0.5, 0.6) is 0 Å². The smallest absolute Gasteiger partial charge is 0.297 e. The van der Waals surface area contributed by atoms with Crippen molar-refractivity contribution in [2.24, 2.45) is 11.1 Å². The van der Waals surface area contributed by atoms with E-state index in [4.69, 9.17) is 15.2 Å². The van der Waals surface area contributed by atoms with Crippen LogP contribution in [0.1, 0.15) is 47.0 Å². The molecule has 1 aliphatic rings. The maximum absolute atomic E-state index is 12.6. The Morgan fingerprint density at radius 2 is 1.16 bits per heavy atom. The van der Waals surface area contributed by atoms with Gasteiger partial charge >= 0.3 is 0 Å². The van der Waals surface area contributed by atoms with Gasteiger partial charge < -0.3 is 41.0 Å². The van der Waals surface area contributed by atoms with Crippen LogP contribution in [0.3, 0.4) is 0 Å². The third kappa shape index (κ3) is 20.8. The summed E-state index contributed by atoms with van der Waals surface area (Å²) in [5.74, 6) is 58.9. The van der Waals surface area contributed by atoms with Gasteiger partial charge in [0.25, 0.3) is 5.91 Å². The fourth-order valence-electron chi connectivity index (χ4n) is 3.73. The highest BCUT2D eigenvalue weighted by atomic mass is 16.7. The summed E-state index contributed by atoms with van der Waals surface area (Å²) in [6, 6.07) is -1.30. The average molecular weight is 681 g/mol. The molecule has 1 fully saturated rings. The van der Waals surface area contributed by atoms with E-state index in [1.165, 1.54) is 0 Å². The summed E-state index contributed by atoms with van der Waals surface area (Å²) in [6.45, 7) is 7.19. The standard InChI is InChI=1S/C42H36N2O7/c1-5-6-7-8-9-10-11-12-13-14-15-16-17-18-19-20-21-22-23-24-25-26-27-30-37(46)44-35(34(43)29-28-31-42(2,3)4)33-50-41-40(49)39(48)38(47)36(32-45)51-41/h34-36,38-41,45,47-49H,28-29,31-33,43H2,1-4H3,(H,44,46)/t34-,35+,36?,38+,39+,40?,41+/m1/s1. The van der Waals surface area contributed by atoms with Gasteiger partial charge in [-0.05, 0) is 120 Å². The molecule has 7 atom stereocenters. The third-order valence-electron chi connectivity index (χ3n) is 6.20. The maximum atomic E-state index is 12.6. The van der Waals surface area contributed by atoms with Gasteiger partial charge in [-0.2, -0.15) is 0 Å². The fraction of sp³-hybridized carbons (Fsp3) is 0.405. The molecule has 7 N–H and O–H groups in total. The summed E-state index contributed by atoms with van der Waals surface area (Å²) >= 11 is 0. The van der Waals surface area contributed by atoms with Crippen LogP contribution in [-0.2, 0) is 14.3 Å². The van der Waals surface area contributed by atoms with Crippen LogP contribution in [0, 0.1) is 148 Å². The molecule has 1 heterocycles. The number of aliphatic hydroxyl groups excluding tert-OH is 4. The summed E-state index contributed by atoms with van der Waals surface area (Å²) in [5.41, 5.74) is 6.48. The van der Waals surface area contributed by atoms with E-state index in [1.807, 2.05) is 0 Å². The monoisotopic (exact) mass is 680 g/mol. The molecular formula is C42H36N2O7. The third-order valence-corrected chi connectivity index (χ3v) is 6.20. The molecule has 9 heteroatoms. The van der Waals surface area contributed by atoms with Crippen molar-refractivity contribution in [2.45, 2.75) is 89.7 Å². The Bertz CT molecular complexity index is 2010. The van der Waals surface area contributed by atoms with E-state index in [2.05, 4.69) is 168 Å². The number of amides is 1. The predicted octanol–water partition coefficient (Wildman–Crippen LogP) is -1.11. The SMILES string of the molecule is CC#CC#CC#CC#CC#CC#CC#CC#CC#CC#CC#CC#CC(=O)N[C@@H](CO[C@H]1OC(CO)[C@H](O)[C@H](O)C1O)[C@H](N)CCCC(C)(C)C. The first-order valence-corrected chi connectivity index (χ1v) is 15.4. The number of aliphatic hydroxyl groups is 4. The van der Waals surface area contributed by atoms with Crippen molar-refractivity contribution in [3.05, 3.63) is 0 Å². The zero-order valence-electron chi connectivity index (χ0n) is 28.7. The van der Waals surface area contributed by atoms with Gasteiger partial charge in [0.15, 0.2) is 6.29 Å². The summed E-state index contributed by atoms with van der Waals surface area (Å²) in [6.07, 6.45) is -5.04. The average Bonchev–Trinajstić information content (AvgIpc) is 3.09. The van der Waals surface area contributed by atoms with Gasteiger partial charge in [0, 0.05) is 47.5 Å². The van der Waals surface area contributed by atoms with E-state index >= 15 is 0 Å². The quantitative estimate of drug-likeness (QED) is 0.168. The Kier molecular flexibility index (Phi) is 21.8. The van der Waals surface area contributed by atoms with Crippen LogP contribution in [-0.4, -0.2) is 82.3 Å². The Balaban J connectivity index is 2.73. The summed E-state index contributed by atoms with van der Waals surface area (Å²) in [4.78, 5) is 12.6. The zero-order chi connectivity index (χ0) is 37.7. The molecule has 0 aromatic rings. The lowest BCUT2D eigenvalue weighted by Gasteiger charge is -2.40. The van der Waals surface area contributed by atoms with Gasteiger partial charge in [0.2, 0.25) is 0 Å². The van der Waals surface area contributed by atoms with Gasteiger partial charge in [-0.25, -0.2) is 0 Å². The van der Waals surface area contributed by atoms with Gasteiger partial charge in [0.1, 0.15) is 24.4 Å². The number of ether oxygens (including phenoxy) is 2. The normalized spacial score (nSPS) is 18.5. The first-order chi connectivity index (χ1) is 24.5. The minimum atomic E-state index is -1.61. The molecule has 9 nitrogen and oxygen atoms in total. The number of rotatable bonds is 9. The van der Waals surface area contributed by atoms with Crippen molar-refractivity contribution in [3.8, 4) is 142 Å². The highest BCUT2D eigenvalue weighted by Crippen LogP contribution is 2.24. The van der Waals surface area contributed by atoms with Crippen LogP contribution in [0.4, 0.5) is 0 Å². The van der Waals surface area contributed by atoms with Crippen LogP contribution >= 0.6 is 0 Å². The summed E-state index contributed by atoms with van der Waals surface area (Å²) in [5, 5.41) is 42.4. The first-order valence-electron chi connectivity index (χ1n) is 15.4. The molecule has 0 saturated carbocycles. The number of hydrogen-bond acceptors (Lipinski definition) is 8. The molecule has 0 aromatic carbocycles. The van der Waals surface area contributed by atoms with E-state index in [0.717, 1.165) is 12.8 Å². The van der Waals surface area contributed by atoms with Crippen LogP contribution in [0.25, 0.3) is 0 Å². The van der Waals surface area contributed by atoms with Gasteiger partial charge in [-0.1, -0.05) is 33.1 Å². The lowest BCUT2D eigenvalue weighted by Crippen LogP contribution is -2.60. The van der Waals surface area contributed by atoms with Crippen LogP contribution in [0.2, 0.25) is 0 Å². The molecule has 0 bridgehead atoms. The highest BCUT2D eigenvalue weighted by molar-refractivity contribution is 5.94. The predicted molar refractivity (Wildman–Crippen MR) is 192 cm³/mol. The van der Waals surface area contributed by atoms with Gasteiger partial charge in [-0.3, -0.25) is 4.79 Å². The topological polar surface area (TPSA) is 155 Å². The van der Waals surface area contributed by atoms with Crippen molar-refractivity contribution < 1.29 is 34.7 Å². The number of nitrogens with two attached hydrogens (primary N) is 1. The van der Waals surface area contributed by atoms with Crippen molar-refractivity contribution in [1.29, 1.82) is 0 Å². The first kappa shape index (κ1) is 42.9. The molecule has 0 aromatic heterocycles. The molecule has 0 radical (unpaired) electrons. The molecule has 256 valence electrons. The molecule has 1 amide bonds. The largest absolute Gasteiger partial charge is 0.394 e. The fourth-order valence-corrected chi connectivity index (χ4v) is 3.73. The lowest BCUT2D eigenvalue weighted by molar-refractivity contribution is -0.302. The highest BCUT2D eigenvalue weighted by Gasteiger charge is 2.44. The molecule has 1 rings (SSSR count). The Morgan fingerprint density at radius 1 is 0.725 bits per heavy atom. The second-order valence-electron chi connectivity index (χ2n) is 11.4. The van der Waals surface area contributed by atoms with Crippen molar-refractivity contribution in [3.63, 3.8) is 0 Å². The van der Waals surface area contributed by atoms with Crippen LogP contribution in [0.15, 0.2) is 0 Å². The Hall–Kier alpha value is -6.09. The molecular weight excluding hydrogens is 644 g/mol. The molecule has 2 unspecified atom stereocenters. The van der Waals surface area contributed by atoms with Gasteiger partial charge in [-0.15, -0.1) is 0 Å². The van der Waals surface area contributed by atoms with Crippen molar-refractivity contribution >= 4 is 5.91 Å². The lowest BCUT2D eigenvalue weighted by atomic mass is 9.88. The van der Waals surface area contributed by atoms with E-state index in [0.29, 0.717) is 6.42 Å². The van der Waals surface area contributed by atoms with E-state index < -0.39 is 55.3 Å². The van der Waals surface area contributed by atoms with E-state index in [9.17, 15) is 25.2 Å². The summed E-state index contributed by atoms with van der Waals surface area (Å²) in [7, 11) is 0. The number of nitrogens with one attached hydrogen (secondary N) is 1. The molecule has 1 saturated heterocycles. The Labute approximate surface area is 301 Å². The molecule has 1 aliphatic heterocycles. The van der Waals surface area contributed by atoms with E-state index in [-0.39, 0.29) is 12.0 Å². The van der Waals surface area contributed by atoms with Crippen LogP contribution < -0.4 is 11.1 Å². The van der Waals surface area contributed by atoms with Crippen molar-refractivity contribution in [1.82, 2.24) is 5.32 Å². The molecule has 0 spiro atoms. The Morgan fingerprint density at radius 3 is 1.57 bits per heavy atom. The molecule has 0 aliphatic carbocycles. The van der Waals surface area contributed by atoms with Crippen molar-refractivity contribution in [2.75, 3.05) is 13.2 Å². The maximum Gasteiger partial charge on any atom is 0.297 e. The minimum Gasteiger partial charge on any atom is -0.394 e. The second kappa shape index (κ2) is 25.9. The second-order valence-corrected chi connectivity index (χ2v) is 11.4. The van der Waals surface area contributed by atoms with Gasteiger partial charge in [0.05, 0.1) is 19.3 Å². The summed E-state index contributed by atoms with van der Waals surface area (Å²) < 4.78 is 11.0. The number of carbonyl (C=O) groups excluding carboxylic acids is 1. The number of carbonyl (C=O) groups is 1. The molecule has 51 heavy (non-hydrogen) atoms. The zero-order valence-corrected chi connectivity index (χ0v) is 28.7. The minimum absolute atomic E-state index is 0.0907. The number of hydrogen-bond donors (Lipinski definition) is 6. The van der Waals surface area contributed by atoms with E-state index in [1.54, 1.807) is 6.92 Å².